The molecule has 3 saturated heterocycles. The molecule has 3 unspecified atom stereocenters. The number of rotatable bonds is 3. The monoisotopic (exact) mass is 398 g/mol. The van der Waals surface area contributed by atoms with Gasteiger partial charge in [-0.15, -0.1) is 0 Å². The van der Waals surface area contributed by atoms with E-state index >= 15 is 0 Å². The summed E-state index contributed by atoms with van der Waals surface area (Å²) in [6.45, 7) is 4.01. The van der Waals surface area contributed by atoms with Gasteiger partial charge in [0.1, 0.15) is 5.66 Å². The van der Waals surface area contributed by atoms with E-state index in [-0.39, 0.29) is 28.9 Å². The average molecular weight is 399 g/mol. The Balaban J connectivity index is 1.84. The number of hydrogen-bond acceptors (Lipinski definition) is 6. The normalized spacial score (nSPS) is 37.9. The fourth-order valence-corrected chi connectivity index (χ4v) is 7.28. The first-order chi connectivity index (χ1) is 14.0. The lowest BCUT2D eigenvalue weighted by molar-refractivity contribution is -0.154. The van der Waals surface area contributed by atoms with Crippen LogP contribution in [-0.2, 0) is 14.9 Å². The SMILES string of the molecule is C/C=C1/CN2CC[C@@]34c5cc(OC)c(OC)cc5N(C)C23CC[C@H]1C4C(=O)OC. The molecule has 4 aliphatic heterocycles. The summed E-state index contributed by atoms with van der Waals surface area (Å²) in [7, 11) is 7.05. The van der Waals surface area contributed by atoms with Gasteiger partial charge < -0.3 is 19.1 Å². The number of nitrogens with zero attached hydrogens (tertiary/aromatic N) is 2. The van der Waals surface area contributed by atoms with Gasteiger partial charge in [0.15, 0.2) is 11.5 Å². The smallest absolute Gasteiger partial charge is 0.310 e. The van der Waals surface area contributed by atoms with E-state index in [1.165, 1.54) is 18.2 Å². The molecule has 4 fully saturated rings. The predicted octanol–water partition coefficient (Wildman–Crippen LogP) is 2.95. The van der Waals surface area contributed by atoms with Gasteiger partial charge in [0.2, 0.25) is 0 Å². The van der Waals surface area contributed by atoms with Gasteiger partial charge in [-0.05, 0) is 43.7 Å². The lowest BCUT2D eigenvalue weighted by atomic mass is 9.54. The first-order valence-corrected chi connectivity index (χ1v) is 10.5. The number of anilines is 1. The van der Waals surface area contributed by atoms with E-state index in [0.717, 1.165) is 49.5 Å². The molecule has 5 atom stereocenters. The van der Waals surface area contributed by atoms with Crippen molar-refractivity contribution in [1.82, 2.24) is 4.90 Å². The second kappa shape index (κ2) is 6.14. The first kappa shape index (κ1) is 18.8. The van der Waals surface area contributed by atoms with Gasteiger partial charge >= 0.3 is 5.97 Å². The lowest BCUT2D eigenvalue weighted by Crippen LogP contribution is -2.66. The van der Waals surface area contributed by atoms with E-state index in [1.807, 2.05) is 0 Å². The third kappa shape index (κ3) is 1.94. The minimum Gasteiger partial charge on any atom is -0.493 e. The van der Waals surface area contributed by atoms with Crippen LogP contribution in [0.5, 0.6) is 11.5 Å². The fraction of sp³-hybridized carbons (Fsp3) is 0.609. The molecule has 0 N–H and O–H groups in total. The molecular formula is C23H30N2O4. The van der Waals surface area contributed by atoms with E-state index in [0.29, 0.717) is 0 Å². The maximum atomic E-state index is 13.3. The molecule has 156 valence electrons. The van der Waals surface area contributed by atoms with Gasteiger partial charge in [0.05, 0.1) is 27.2 Å². The van der Waals surface area contributed by atoms with Crippen molar-refractivity contribution in [3.8, 4) is 11.5 Å². The number of fused-ring (bicyclic) bond motifs is 3. The van der Waals surface area contributed by atoms with Crippen LogP contribution in [0.3, 0.4) is 0 Å². The van der Waals surface area contributed by atoms with E-state index in [1.54, 1.807) is 14.2 Å². The molecule has 5 aliphatic rings. The van der Waals surface area contributed by atoms with Crippen LogP contribution in [-0.4, -0.2) is 58.0 Å². The van der Waals surface area contributed by atoms with Crippen molar-refractivity contribution in [2.24, 2.45) is 11.8 Å². The van der Waals surface area contributed by atoms with E-state index in [2.05, 4.69) is 42.0 Å². The Hall–Kier alpha value is -2.21. The Bertz CT molecular complexity index is 912. The number of ether oxygens (including phenoxy) is 3. The van der Waals surface area contributed by atoms with Gasteiger partial charge in [0.25, 0.3) is 0 Å². The molecule has 0 amide bonds. The van der Waals surface area contributed by atoms with Gasteiger partial charge in [-0.25, -0.2) is 0 Å². The minimum absolute atomic E-state index is 0.0850. The summed E-state index contributed by atoms with van der Waals surface area (Å²) >= 11 is 0. The summed E-state index contributed by atoms with van der Waals surface area (Å²) in [5, 5.41) is 0. The Morgan fingerprint density at radius 1 is 1.17 bits per heavy atom. The first-order valence-electron chi connectivity index (χ1n) is 10.5. The molecule has 1 aliphatic carbocycles. The van der Waals surface area contributed by atoms with Crippen LogP contribution in [0.15, 0.2) is 23.8 Å². The van der Waals surface area contributed by atoms with Crippen molar-refractivity contribution in [1.29, 1.82) is 0 Å². The van der Waals surface area contributed by atoms with Crippen LogP contribution in [0.1, 0.15) is 31.7 Å². The van der Waals surface area contributed by atoms with Crippen LogP contribution in [0.4, 0.5) is 5.69 Å². The average Bonchev–Trinajstić information content (AvgIpc) is 3.08. The number of esters is 1. The Morgan fingerprint density at radius 3 is 2.55 bits per heavy atom. The summed E-state index contributed by atoms with van der Waals surface area (Å²) in [6, 6.07) is 4.20. The van der Waals surface area contributed by atoms with Crippen molar-refractivity contribution in [3.05, 3.63) is 29.3 Å². The maximum absolute atomic E-state index is 13.3. The Kier molecular flexibility index (Phi) is 3.98. The van der Waals surface area contributed by atoms with Gasteiger partial charge in [-0.3, -0.25) is 9.69 Å². The van der Waals surface area contributed by atoms with E-state index in [9.17, 15) is 4.79 Å². The summed E-state index contributed by atoms with van der Waals surface area (Å²) in [4.78, 5) is 18.4. The lowest BCUT2D eigenvalue weighted by Gasteiger charge is -2.54. The number of allylic oxidation sites excluding steroid dienone is 1. The number of likely N-dealkylation sites (N-methyl/N-ethyl adjacent to an activating group) is 1. The van der Waals surface area contributed by atoms with E-state index in [4.69, 9.17) is 14.2 Å². The minimum atomic E-state index is -0.308. The molecular weight excluding hydrogens is 368 g/mol. The Labute approximate surface area is 172 Å². The second-order valence-electron chi connectivity index (χ2n) is 8.75. The zero-order chi connectivity index (χ0) is 20.6. The molecule has 1 spiro atoms. The molecule has 1 saturated carbocycles. The number of methoxy groups -OCH3 is 3. The van der Waals surface area contributed by atoms with Gasteiger partial charge in [0, 0.05) is 37.3 Å². The van der Waals surface area contributed by atoms with Crippen molar-refractivity contribution >= 4 is 11.7 Å². The van der Waals surface area contributed by atoms with Crippen LogP contribution in [0.2, 0.25) is 0 Å². The highest BCUT2D eigenvalue weighted by molar-refractivity contribution is 5.82. The number of hydrogen-bond donors (Lipinski definition) is 0. The molecule has 1 aromatic rings. The molecule has 6 nitrogen and oxygen atoms in total. The van der Waals surface area contributed by atoms with Crippen molar-refractivity contribution < 1.29 is 19.0 Å². The van der Waals surface area contributed by atoms with Gasteiger partial charge in [-0.2, -0.15) is 0 Å². The molecule has 4 bridgehead atoms. The van der Waals surface area contributed by atoms with Crippen LogP contribution in [0.25, 0.3) is 0 Å². The standard InChI is InChI=1S/C23H30N2O4/c1-6-14-13-25-10-9-22-16-11-18(27-3)19(28-4)12-17(16)24(2)23(22,25)8-7-15(14)20(22)21(26)29-5/h6,11-12,15,20H,7-10,13H2,1-5H3/b14-6-/t15-,20?,22+,23?/m1/s1. The Morgan fingerprint density at radius 2 is 1.90 bits per heavy atom. The second-order valence-corrected chi connectivity index (χ2v) is 8.75. The third-order valence-corrected chi connectivity index (χ3v) is 8.33. The number of benzene rings is 1. The zero-order valence-electron chi connectivity index (χ0n) is 17.9. The zero-order valence-corrected chi connectivity index (χ0v) is 17.9. The van der Waals surface area contributed by atoms with Crippen LogP contribution >= 0.6 is 0 Å². The van der Waals surface area contributed by atoms with Crippen molar-refractivity contribution in [2.45, 2.75) is 37.3 Å². The van der Waals surface area contributed by atoms with Crippen LogP contribution < -0.4 is 14.4 Å². The maximum Gasteiger partial charge on any atom is 0.310 e. The molecule has 0 radical (unpaired) electrons. The van der Waals surface area contributed by atoms with Crippen molar-refractivity contribution in [3.63, 3.8) is 0 Å². The highest BCUT2D eigenvalue weighted by Gasteiger charge is 2.75. The molecule has 6 heteroatoms. The van der Waals surface area contributed by atoms with Gasteiger partial charge in [-0.1, -0.05) is 11.6 Å². The van der Waals surface area contributed by atoms with Crippen LogP contribution in [0, 0.1) is 11.8 Å². The highest BCUT2D eigenvalue weighted by atomic mass is 16.5. The topological polar surface area (TPSA) is 51.2 Å². The molecule has 6 rings (SSSR count). The number of carbonyl (C=O) groups is 1. The highest BCUT2D eigenvalue weighted by Crippen LogP contribution is 2.70. The summed E-state index contributed by atoms with van der Waals surface area (Å²) in [6.07, 6.45) is 5.22. The number of carbonyl (C=O) groups excluding carboxylic acids is 1. The molecule has 4 heterocycles. The summed E-state index contributed by atoms with van der Waals surface area (Å²) in [5.74, 6) is 1.39. The summed E-state index contributed by atoms with van der Waals surface area (Å²) in [5.41, 5.74) is 3.20. The molecule has 1 aromatic carbocycles. The van der Waals surface area contributed by atoms with E-state index < -0.39 is 0 Å². The molecule has 29 heavy (non-hydrogen) atoms. The quantitative estimate of drug-likeness (QED) is 0.576. The molecule has 0 aromatic heterocycles. The summed E-state index contributed by atoms with van der Waals surface area (Å²) < 4.78 is 16.7. The predicted molar refractivity (Wildman–Crippen MR) is 111 cm³/mol. The third-order valence-electron chi connectivity index (χ3n) is 8.33. The fourth-order valence-electron chi connectivity index (χ4n) is 7.28. The largest absolute Gasteiger partial charge is 0.493 e. The van der Waals surface area contributed by atoms with Crippen molar-refractivity contribution in [2.75, 3.05) is 46.4 Å².